The molecule has 0 fully saturated rings. The average molecular weight is 258 g/mol. The third-order valence-corrected chi connectivity index (χ3v) is 5.81. The highest BCUT2D eigenvalue weighted by Crippen LogP contribution is 2.38. The fourth-order valence-electron chi connectivity index (χ4n) is 1.63. The van der Waals surface area contributed by atoms with Gasteiger partial charge in [0.15, 0.2) is 0 Å². The van der Waals surface area contributed by atoms with Crippen LogP contribution < -0.4 is 0 Å². The van der Waals surface area contributed by atoms with Crippen LogP contribution in [0.15, 0.2) is 24.3 Å². The molecule has 0 bridgehead atoms. The molecular weight excluding hydrogens is 236 g/mol. The van der Waals surface area contributed by atoms with Crippen molar-refractivity contribution in [3.05, 3.63) is 24.3 Å². The van der Waals surface area contributed by atoms with Crippen molar-refractivity contribution >= 4 is 21.6 Å². The molecule has 0 heterocycles. The maximum Gasteiger partial charge on any atom is 0.0436 e. The molecule has 1 aliphatic carbocycles. The third-order valence-electron chi connectivity index (χ3n) is 2.41. The first kappa shape index (κ1) is 14.2. The summed E-state index contributed by atoms with van der Waals surface area (Å²) in [4.78, 5) is 0. The van der Waals surface area contributed by atoms with Crippen LogP contribution in [0.1, 0.15) is 27.2 Å². The van der Waals surface area contributed by atoms with E-state index in [-0.39, 0.29) is 6.61 Å². The van der Waals surface area contributed by atoms with Crippen molar-refractivity contribution in [3.63, 3.8) is 0 Å². The van der Waals surface area contributed by atoms with Crippen LogP contribution in [-0.4, -0.2) is 22.2 Å². The van der Waals surface area contributed by atoms with E-state index in [9.17, 15) is 0 Å². The van der Waals surface area contributed by atoms with Gasteiger partial charge in [-0.1, -0.05) is 66.7 Å². The van der Waals surface area contributed by atoms with E-state index in [0.717, 1.165) is 12.2 Å². The normalized spacial score (nSPS) is 25.0. The minimum absolute atomic E-state index is 0.288. The minimum atomic E-state index is 0.288. The summed E-state index contributed by atoms with van der Waals surface area (Å²) in [5.41, 5.74) is 0. The zero-order valence-electron chi connectivity index (χ0n) is 10.3. The van der Waals surface area contributed by atoms with E-state index >= 15 is 0 Å². The molecule has 1 rings (SSSR count). The summed E-state index contributed by atoms with van der Waals surface area (Å²) >= 11 is 0. The van der Waals surface area contributed by atoms with Crippen LogP contribution in [0.2, 0.25) is 0 Å². The van der Waals surface area contributed by atoms with E-state index in [1.807, 2.05) is 21.6 Å². The molecule has 0 aliphatic heterocycles. The predicted molar refractivity (Wildman–Crippen MR) is 76.8 cm³/mol. The van der Waals surface area contributed by atoms with E-state index in [4.69, 9.17) is 5.11 Å². The largest absolute Gasteiger partial charge is 0.396 e. The zero-order chi connectivity index (χ0) is 12.0. The Balaban J connectivity index is 2.34. The standard InChI is InChI=1S/C13H22OS2/c1-13(2,3)16-15-10-12-7-5-4-6-11(12)8-9-14/h4-7,11-12,14H,8-10H2,1-3H3. The van der Waals surface area contributed by atoms with Gasteiger partial charge >= 0.3 is 0 Å². The molecule has 0 saturated carbocycles. The first-order valence-electron chi connectivity index (χ1n) is 5.79. The van der Waals surface area contributed by atoms with Gasteiger partial charge in [0.2, 0.25) is 0 Å². The van der Waals surface area contributed by atoms with Gasteiger partial charge in [-0.25, -0.2) is 0 Å². The van der Waals surface area contributed by atoms with Gasteiger partial charge in [0, 0.05) is 17.1 Å². The van der Waals surface area contributed by atoms with E-state index < -0.39 is 0 Å². The Morgan fingerprint density at radius 3 is 2.31 bits per heavy atom. The average Bonchev–Trinajstić information content (AvgIpc) is 2.19. The quantitative estimate of drug-likeness (QED) is 0.755. The Bertz CT molecular complexity index is 253. The van der Waals surface area contributed by atoms with Crippen molar-refractivity contribution < 1.29 is 5.11 Å². The summed E-state index contributed by atoms with van der Waals surface area (Å²) in [6.45, 7) is 7.02. The molecule has 0 aromatic rings. The topological polar surface area (TPSA) is 20.2 Å². The molecule has 1 aliphatic rings. The number of rotatable bonds is 5. The van der Waals surface area contributed by atoms with Gasteiger partial charge in [-0.2, -0.15) is 0 Å². The number of hydrogen-bond acceptors (Lipinski definition) is 3. The van der Waals surface area contributed by atoms with Gasteiger partial charge in [-0.3, -0.25) is 0 Å². The van der Waals surface area contributed by atoms with Crippen molar-refractivity contribution in [2.45, 2.75) is 31.9 Å². The lowest BCUT2D eigenvalue weighted by molar-refractivity contribution is 0.258. The fraction of sp³-hybridized carbons (Fsp3) is 0.692. The second-order valence-electron chi connectivity index (χ2n) is 5.09. The van der Waals surface area contributed by atoms with Crippen LogP contribution in [0, 0.1) is 11.8 Å². The van der Waals surface area contributed by atoms with Crippen molar-refractivity contribution in [2.24, 2.45) is 11.8 Å². The Labute approximate surface area is 107 Å². The van der Waals surface area contributed by atoms with E-state index in [0.29, 0.717) is 16.6 Å². The van der Waals surface area contributed by atoms with Gasteiger partial charge in [-0.15, -0.1) is 0 Å². The van der Waals surface area contributed by atoms with Gasteiger partial charge < -0.3 is 5.11 Å². The number of allylic oxidation sites excluding steroid dienone is 4. The molecule has 0 aromatic heterocycles. The molecular formula is C13H22OS2. The monoisotopic (exact) mass is 258 g/mol. The maximum atomic E-state index is 9.02. The zero-order valence-corrected chi connectivity index (χ0v) is 12.0. The van der Waals surface area contributed by atoms with Crippen molar-refractivity contribution in [2.75, 3.05) is 12.4 Å². The lowest BCUT2D eigenvalue weighted by Gasteiger charge is -2.24. The molecule has 2 atom stereocenters. The van der Waals surface area contributed by atoms with E-state index in [1.54, 1.807) is 0 Å². The molecule has 0 spiro atoms. The molecule has 92 valence electrons. The van der Waals surface area contributed by atoms with Crippen LogP contribution in [0.3, 0.4) is 0 Å². The van der Waals surface area contributed by atoms with Crippen LogP contribution in [0.4, 0.5) is 0 Å². The molecule has 0 amide bonds. The highest BCUT2D eigenvalue weighted by atomic mass is 33.1. The third kappa shape index (κ3) is 5.46. The summed E-state index contributed by atoms with van der Waals surface area (Å²) in [5.74, 6) is 2.23. The molecule has 0 radical (unpaired) electrons. The summed E-state index contributed by atoms with van der Waals surface area (Å²) in [5, 5.41) is 9.02. The maximum absolute atomic E-state index is 9.02. The van der Waals surface area contributed by atoms with Gasteiger partial charge in [0.1, 0.15) is 0 Å². The van der Waals surface area contributed by atoms with Gasteiger partial charge in [0.05, 0.1) is 0 Å². The second kappa shape index (κ2) is 6.77. The molecule has 16 heavy (non-hydrogen) atoms. The summed E-state index contributed by atoms with van der Waals surface area (Å²) < 4.78 is 0.325. The van der Waals surface area contributed by atoms with Crippen molar-refractivity contribution in [1.82, 2.24) is 0 Å². The lowest BCUT2D eigenvalue weighted by atomic mass is 9.88. The molecule has 0 saturated heterocycles. The Morgan fingerprint density at radius 1 is 1.12 bits per heavy atom. The molecule has 1 N–H and O–H groups in total. The smallest absolute Gasteiger partial charge is 0.0436 e. The number of aliphatic hydroxyl groups is 1. The van der Waals surface area contributed by atoms with E-state index in [2.05, 4.69) is 45.1 Å². The Hall–Kier alpha value is 0.140. The lowest BCUT2D eigenvalue weighted by Crippen LogP contribution is -2.16. The number of aliphatic hydroxyl groups excluding tert-OH is 1. The second-order valence-corrected chi connectivity index (χ2v) is 8.26. The minimum Gasteiger partial charge on any atom is -0.396 e. The molecule has 0 aromatic carbocycles. The highest BCUT2D eigenvalue weighted by molar-refractivity contribution is 8.77. The van der Waals surface area contributed by atoms with Crippen LogP contribution in [0.5, 0.6) is 0 Å². The highest BCUT2D eigenvalue weighted by Gasteiger charge is 2.19. The first-order chi connectivity index (χ1) is 7.53. The summed E-state index contributed by atoms with van der Waals surface area (Å²) in [6, 6.07) is 0. The molecule has 2 unspecified atom stereocenters. The predicted octanol–water partition coefficient (Wildman–Crippen LogP) is 3.91. The van der Waals surface area contributed by atoms with Crippen LogP contribution in [-0.2, 0) is 0 Å². The van der Waals surface area contributed by atoms with Gasteiger partial charge in [-0.05, 0) is 18.3 Å². The summed E-state index contributed by atoms with van der Waals surface area (Å²) in [6.07, 6.45) is 9.60. The Kier molecular flexibility index (Phi) is 6.01. The SMILES string of the molecule is CC(C)(C)SSCC1C=CC=CC1CCO. The molecule has 1 nitrogen and oxygen atoms in total. The number of hydrogen-bond donors (Lipinski definition) is 1. The Morgan fingerprint density at radius 2 is 1.75 bits per heavy atom. The van der Waals surface area contributed by atoms with E-state index in [1.165, 1.54) is 0 Å². The van der Waals surface area contributed by atoms with Crippen molar-refractivity contribution in [3.8, 4) is 0 Å². The van der Waals surface area contributed by atoms with Gasteiger partial charge in [0.25, 0.3) is 0 Å². The first-order valence-corrected chi connectivity index (χ1v) is 8.11. The van der Waals surface area contributed by atoms with Crippen molar-refractivity contribution in [1.29, 1.82) is 0 Å². The summed E-state index contributed by atoms with van der Waals surface area (Å²) in [7, 11) is 3.89. The fourth-order valence-corrected chi connectivity index (χ4v) is 4.30. The van der Waals surface area contributed by atoms with Crippen LogP contribution in [0.25, 0.3) is 0 Å². The molecule has 3 heteroatoms. The van der Waals surface area contributed by atoms with Crippen LogP contribution >= 0.6 is 21.6 Å².